The smallest absolute Gasteiger partial charge is 0.151 e. The number of hydrogen-bond donors (Lipinski definition) is 1. The Bertz CT molecular complexity index is 440. The van der Waals surface area contributed by atoms with Crippen LogP contribution in [-0.4, -0.2) is 42.6 Å². The Kier molecular flexibility index (Phi) is 6.35. The molecule has 0 aliphatic heterocycles. The summed E-state index contributed by atoms with van der Waals surface area (Å²) in [6.45, 7) is 6.24. The summed E-state index contributed by atoms with van der Waals surface area (Å²) in [4.78, 5) is 4.27. The van der Waals surface area contributed by atoms with Gasteiger partial charge < -0.3 is 9.88 Å². The van der Waals surface area contributed by atoms with Gasteiger partial charge in [-0.2, -0.15) is 0 Å². The molecule has 0 amide bonds. The first-order chi connectivity index (χ1) is 8.57. The maximum absolute atomic E-state index is 11.4. The Balaban J connectivity index is 2.34. The molecule has 1 rings (SSSR count). The second-order valence-corrected chi connectivity index (χ2v) is 6.81. The molecule has 0 fully saturated rings. The van der Waals surface area contributed by atoms with E-state index in [9.17, 15) is 8.42 Å². The first-order valence-corrected chi connectivity index (χ1v) is 8.31. The van der Waals surface area contributed by atoms with Crippen LogP contribution in [0.15, 0.2) is 12.5 Å². The molecule has 0 atom stereocenters. The zero-order valence-corrected chi connectivity index (χ0v) is 12.0. The molecule has 0 aromatic carbocycles. The summed E-state index contributed by atoms with van der Waals surface area (Å²) < 4.78 is 24.6. The molecule has 104 valence electrons. The predicted octanol–water partition coefficient (Wildman–Crippen LogP) is 0.860. The molecule has 1 heterocycles. The first-order valence-electron chi connectivity index (χ1n) is 6.49. The van der Waals surface area contributed by atoms with Crippen LogP contribution in [0.2, 0.25) is 0 Å². The van der Waals surface area contributed by atoms with E-state index in [1.54, 1.807) is 13.3 Å². The molecule has 1 aromatic rings. The third-order valence-electron chi connectivity index (χ3n) is 2.77. The highest BCUT2D eigenvalue weighted by molar-refractivity contribution is 7.91. The molecule has 0 spiro atoms. The minimum atomic E-state index is -2.89. The van der Waals surface area contributed by atoms with Crippen molar-refractivity contribution in [3.05, 3.63) is 18.2 Å². The van der Waals surface area contributed by atoms with E-state index in [-0.39, 0.29) is 11.5 Å². The van der Waals surface area contributed by atoms with E-state index in [1.165, 1.54) is 0 Å². The molecule has 0 aliphatic carbocycles. The number of nitrogens with zero attached hydrogens (tertiary/aromatic N) is 2. The summed E-state index contributed by atoms with van der Waals surface area (Å²) in [6, 6.07) is 0. The lowest BCUT2D eigenvalue weighted by Crippen LogP contribution is -2.17. The summed E-state index contributed by atoms with van der Waals surface area (Å²) in [5.74, 6) is 0.392. The zero-order chi connectivity index (χ0) is 13.4. The monoisotopic (exact) mass is 273 g/mol. The largest absolute Gasteiger partial charge is 0.336 e. The van der Waals surface area contributed by atoms with Crippen LogP contribution in [0, 0.1) is 0 Å². The second kappa shape index (κ2) is 7.53. The van der Waals surface area contributed by atoms with Crippen molar-refractivity contribution >= 4 is 9.84 Å². The summed E-state index contributed by atoms with van der Waals surface area (Å²) in [7, 11) is -2.89. The van der Waals surface area contributed by atoms with Crippen LogP contribution in [0.3, 0.4) is 0 Å². The van der Waals surface area contributed by atoms with Gasteiger partial charge in [-0.25, -0.2) is 13.4 Å². The molecule has 0 radical (unpaired) electrons. The van der Waals surface area contributed by atoms with Gasteiger partial charge in [0.15, 0.2) is 9.84 Å². The Labute approximate surface area is 110 Å². The summed E-state index contributed by atoms with van der Waals surface area (Å²) >= 11 is 0. The normalized spacial score (nSPS) is 11.9. The SMILES string of the molecule is CCCNCCc1cn(CCS(=O)(=O)CC)cn1. The highest BCUT2D eigenvalue weighted by atomic mass is 32.2. The molecule has 6 heteroatoms. The number of imidazole rings is 1. The number of nitrogens with one attached hydrogen (secondary N) is 1. The van der Waals surface area contributed by atoms with Crippen LogP contribution in [0.25, 0.3) is 0 Å². The van der Waals surface area contributed by atoms with Crippen molar-refractivity contribution in [3.63, 3.8) is 0 Å². The molecular formula is C12H23N3O2S. The molecular weight excluding hydrogens is 250 g/mol. The van der Waals surface area contributed by atoms with Gasteiger partial charge in [-0.1, -0.05) is 13.8 Å². The second-order valence-electron chi connectivity index (χ2n) is 4.34. The zero-order valence-electron chi connectivity index (χ0n) is 11.2. The van der Waals surface area contributed by atoms with Crippen molar-refractivity contribution < 1.29 is 8.42 Å². The maximum Gasteiger partial charge on any atom is 0.151 e. The topological polar surface area (TPSA) is 64.0 Å². The number of hydrogen-bond acceptors (Lipinski definition) is 4. The van der Waals surface area contributed by atoms with Crippen LogP contribution in [0.5, 0.6) is 0 Å². The van der Waals surface area contributed by atoms with E-state index in [4.69, 9.17) is 0 Å². The molecule has 0 saturated carbocycles. The van der Waals surface area contributed by atoms with E-state index in [2.05, 4.69) is 17.2 Å². The van der Waals surface area contributed by atoms with Gasteiger partial charge in [-0.3, -0.25) is 0 Å². The lowest BCUT2D eigenvalue weighted by atomic mass is 10.3. The molecule has 1 N–H and O–H groups in total. The quantitative estimate of drug-likeness (QED) is 0.678. The maximum atomic E-state index is 11.4. The first kappa shape index (κ1) is 15.2. The molecule has 0 saturated heterocycles. The third-order valence-corrected chi connectivity index (χ3v) is 4.46. The number of aryl methyl sites for hydroxylation is 1. The summed E-state index contributed by atoms with van der Waals surface area (Å²) in [5.41, 5.74) is 1.01. The lowest BCUT2D eigenvalue weighted by molar-refractivity contribution is 0.590. The minimum Gasteiger partial charge on any atom is -0.336 e. The lowest BCUT2D eigenvalue weighted by Gasteiger charge is -2.02. The van der Waals surface area contributed by atoms with Crippen molar-refractivity contribution in [2.45, 2.75) is 33.2 Å². The minimum absolute atomic E-state index is 0.188. The van der Waals surface area contributed by atoms with Crippen molar-refractivity contribution in [2.75, 3.05) is 24.6 Å². The molecule has 1 aromatic heterocycles. The Morgan fingerprint density at radius 1 is 1.33 bits per heavy atom. The number of aromatic nitrogens is 2. The fourth-order valence-electron chi connectivity index (χ4n) is 1.56. The number of sulfone groups is 1. The van der Waals surface area contributed by atoms with Gasteiger partial charge in [-0.15, -0.1) is 0 Å². The van der Waals surface area contributed by atoms with E-state index >= 15 is 0 Å². The predicted molar refractivity (Wildman–Crippen MR) is 73.4 cm³/mol. The van der Waals surface area contributed by atoms with Gasteiger partial charge in [0.1, 0.15) is 0 Å². The average Bonchev–Trinajstić information content (AvgIpc) is 2.80. The van der Waals surface area contributed by atoms with Gasteiger partial charge in [0.05, 0.1) is 17.8 Å². The van der Waals surface area contributed by atoms with Crippen LogP contribution >= 0.6 is 0 Å². The Morgan fingerprint density at radius 3 is 2.78 bits per heavy atom. The van der Waals surface area contributed by atoms with Gasteiger partial charge in [-0.05, 0) is 13.0 Å². The van der Waals surface area contributed by atoms with Gasteiger partial charge in [0.2, 0.25) is 0 Å². The molecule has 0 bridgehead atoms. The highest BCUT2D eigenvalue weighted by Crippen LogP contribution is 1.99. The van der Waals surface area contributed by atoms with Crippen LogP contribution in [0.1, 0.15) is 26.0 Å². The van der Waals surface area contributed by atoms with Crippen LogP contribution < -0.4 is 5.32 Å². The fraction of sp³-hybridized carbons (Fsp3) is 0.750. The van der Waals surface area contributed by atoms with Crippen molar-refractivity contribution in [3.8, 4) is 0 Å². The molecule has 0 aliphatic rings. The van der Waals surface area contributed by atoms with Gasteiger partial charge >= 0.3 is 0 Å². The average molecular weight is 273 g/mol. The third kappa shape index (κ3) is 5.64. The van der Waals surface area contributed by atoms with E-state index in [1.807, 2.05) is 10.8 Å². The molecule has 5 nitrogen and oxygen atoms in total. The van der Waals surface area contributed by atoms with Crippen molar-refractivity contribution in [2.24, 2.45) is 0 Å². The Morgan fingerprint density at radius 2 is 2.11 bits per heavy atom. The summed E-state index contributed by atoms with van der Waals surface area (Å²) in [5, 5.41) is 3.31. The standard InChI is InChI=1S/C12H23N3O2S/c1-3-6-13-7-5-12-10-15(11-14-12)8-9-18(16,17)4-2/h10-11,13H,3-9H2,1-2H3. The van der Waals surface area contributed by atoms with E-state index in [0.717, 1.165) is 31.6 Å². The van der Waals surface area contributed by atoms with E-state index < -0.39 is 9.84 Å². The van der Waals surface area contributed by atoms with Crippen LogP contribution in [0.4, 0.5) is 0 Å². The Hall–Kier alpha value is -0.880. The van der Waals surface area contributed by atoms with Crippen molar-refractivity contribution in [1.82, 2.24) is 14.9 Å². The molecule has 18 heavy (non-hydrogen) atoms. The van der Waals surface area contributed by atoms with Gasteiger partial charge in [0.25, 0.3) is 0 Å². The molecule has 0 unspecified atom stereocenters. The fourth-order valence-corrected chi connectivity index (χ4v) is 2.34. The highest BCUT2D eigenvalue weighted by Gasteiger charge is 2.07. The number of rotatable bonds is 9. The van der Waals surface area contributed by atoms with Gasteiger partial charge in [0, 0.05) is 31.5 Å². The van der Waals surface area contributed by atoms with Crippen molar-refractivity contribution in [1.29, 1.82) is 0 Å². The van der Waals surface area contributed by atoms with E-state index in [0.29, 0.717) is 6.54 Å². The summed E-state index contributed by atoms with van der Waals surface area (Å²) in [6.07, 6.45) is 5.65. The van der Waals surface area contributed by atoms with Crippen LogP contribution in [-0.2, 0) is 22.8 Å².